The van der Waals surface area contributed by atoms with Crippen molar-refractivity contribution in [2.75, 3.05) is 13.1 Å². The van der Waals surface area contributed by atoms with Crippen molar-refractivity contribution in [3.05, 3.63) is 68.6 Å². The Morgan fingerprint density at radius 1 is 1.17 bits per heavy atom. The SMILES string of the molecule is Cc1cc(C)c(CNC(=O)c2ccc(C(C)CN3CCCCC3=O)cc2)c(=O)[nH]1. The number of carbonyl (C=O) groups is 2. The highest BCUT2D eigenvalue weighted by atomic mass is 16.2. The molecule has 1 aliphatic rings. The van der Waals surface area contributed by atoms with Gasteiger partial charge in [-0.3, -0.25) is 14.4 Å². The highest BCUT2D eigenvalue weighted by Gasteiger charge is 2.20. The quantitative estimate of drug-likeness (QED) is 0.789. The Bertz CT molecular complexity index is 947. The van der Waals surface area contributed by atoms with Gasteiger partial charge in [-0.2, -0.15) is 0 Å². The van der Waals surface area contributed by atoms with Crippen molar-refractivity contribution in [1.29, 1.82) is 0 Å². The zero-order valence-corrected chi connectivity index (χ0v) is 17.4. The van der Waals surface area contributed by atoms with Crippen molar-refractivity contribution in [2.24, 2.45) is 0 Å². The number of amides is 2. The van der Waals surface area contributed by atoms with E-state index in [4.69, 9.17) is 0 Å². The fraction of sp³-hybridized carbons (Fsp3) is 0.435. The number of nitrogens with one attached hydrogen (secondary N) is 2. The summed E-state index contributed by atoms with van der Waals surface area (Å²) in [5.41, 5.74) is 3.73. The number of aryl methyl sites for hydroxylation is 2. The molecule has 0 radical (unpaired) electrons. The van der Waals surface area contributed by atoms with E-state index in [1.165, 1.54) is 0 Å². The molecule has 1 aromatic heterocycles. The summed E-state index contributed by atoms with van der Waals surface area (Å²) in [6, 6.07) is 9.37. The molecule has 1 aliphatic heterocycles. The maximum Gasteiger partial charge on any atom is 0.253 e. The molecule has 3 rings (SSSR count). The molecule has 1 fully saturated rings. The smallest absolute Gasteiger partial charge is 0.253 e. The van der Waals surface area contributed by atoms with Crippen LogP contribution in [0.2, 0.25) is 0 Å². The van der Waals surface area contributed by atoms with Gasteiger partial charge < -0.3 is 15.2 Å². The van der Waals surface area contributed by atoms with Crippen LogP contribution in [0.25, 0.3) is 0 Å². The molecular formula is C23H29N3O3. The topological polar surface area (TPSA) is 82.3 Å². The van der Waals surface area contributed by atoms with Gasteiger partial charge in [-0.05, 0) is 61.9 Å². The van der Waals surface area contributed by atoms with Crippen molar-refractivity contribution in [3.8, 4) is 0 Å². The molecule has 6 heteroatoms. The van der Waals surface area contributed by atoms with Crippen LogP contribution in [0.3, 0.4) is 0 Å². The molecular weight excluding hydrogens is 366 g/mol. The Morgan fingerprint density at radius 3 is 2.55 bits per heavy atom. The van der Waals surface area contributed by atoms with Gasteiger partial charge in [0, 0.05) is 42.9 Å². The van der Waals surface area contributed by atoms with E-state index in [1.807, 2.05) is 36.9 Å². The van der Waals surface area contributed by atoms with E-state index in [0.29, 0.717) is 24.1 Å². The lowest BCUT2D eigenvalue weighted by molar-refractivity contribution is -0.133. The number of hydrogen-bond acceptors (Lipinski definition) is 3. The Balaban J connectivity index is 1.60. The first-order valence-corrected chi connectivity index (χ1v) is 10.2. The Morgan fingerprint density at radius 2 is 1.90 bits per heavy atom. The summed E-state index contributed by atoms with van der Waals surface area (Å²) in [6.45, 7) is 7.54. The molecule has 1 unspecified atom stereocenters. The second kappa shape index (κ2) is 9.07. The van der Waals surface area contributed by atoms with Gasteiger partial charge in [0.25, 0.3) is 11.5 Å². The summed E-state index contributed by atoms with van der Waals surface area (Å²) < 4.78 is 0. The van der Waals surface area contributed by atoms with Crippen LogP contribution in [0.1, 0.15) is 64.8 Å². The average molecular weight is 396 g/mol. The molecule has 2 amide bonds. The van der Waals surface area contributed by atoms with Gasteiger partial charge in [0.05, 0.1) is 0 Å². The number of hydrogen-bond donors (Lipinski definition) is 2. The third-order valence-electron chi connectivity index (χ3n) is 5.58. The van der Waals surface area contributed by atoms with Crippen LogP contribution < -0.4 is 10.9 Å². The lowest BCUT2D eigenvalue weighted by Crippen LogP contribution is -2.37. The molecule has 1 aromatic carbocycles. The minimum absolute atomic E-state index is 0.167. The van der Waals surface area contributed by atoms with Crippen molar-refractivity contribution in [1.82, 2.24) is 15.2 Å². The van der Waals surface area contributed by atoms with Crippen molar-refractivity contribution < 1.29 is 9.59 Å². The largest absolute Gasteiger partial charge is 0.348 e. The number of carbonyl (C=O) groups excluding carboxylic acids is 2. The van der Waals surface area contributed by atoms with Gasteiger partial charge in [0.2, 0.25) is 5.91 Å². The van der Waals surface area contributed by atoms with Crippen LogP contribution in [0.5, 0.6) is 0 Å². The maximum atomic E-state index is 12.5. The first kappa shape index (κ1) is 20.8. The minimum Gasteiger partial charge on any atom is -0.348 e. The van der Waals surface area contributed by atoms with E-state index in [9.17, 15) is 14.4 Å². The summed E-state index contributed by atoms with van der Waals surface area (Å²) >= 11 is 0. The standard InChI is InChI=1S/C23H29N3O3/c1-15-12-17(3)25-23(29)20(15)13-24-22(28)19-9-7-18(8-10-19)16(2)14-26-11-5-4-6-21(26)27/h7-10,12,16H,4-6,11,13-14H2,1-3H3,(H,24,28)(H,25,29). The highest BCUT2D eigenvalue weighted by molar-refractivity contribution is 5.94. The highest BCUT2D eigenvalue weighted by Crippen LogP contribution is 2.20. The van der Waals surface area contributed by atoms with Crippen molar-refractivity contribution >= 4 is 11.8 Å². The molecule has 6 nitrogen and oxygen atoms in total. The number of piperidine rings is 1. The molecule has 2 N–H and O–H groups in total. The maximum absolute atomic E-state index is 12.5. The molecule has 2 heterocycles. The fourth-order valence-electron chi connectivity index (χ4n) is 3.83. The number of likely N-dealkylation sites (tertiary alicyclic amines) is 1. The monoisotopic (exact) mass is 395 g/mol. The summed E-state index contributed by atoms with van der Waals surface area (Å²) in [5, 5.41) is 2.82. The van der Waals surface area contributed by atoms with E-state index < -0.39 is 0 Å². The number of aromatic amines is 1. The van der Waals surface area contributed by atoms with Crippen LogP contribution in [-0.2, 0) is 11.3 Å². The molecule has 1 saturated heterocycles. The van der Waals surface area contributed by atoms with E-state index in [-0.39, 0.29) is 29.8 Å². The van der Waals surface area contributed by atoms with E-state index >= 15 is 0 Å². The van der Waals surface area contributed by atoms with Gasteiger partial charge >= 0.3 is 0 Å². The number of rotatable bonds is 6. The second-order valence-electron chi connectivity index (χ2n) is 7.95. The molecule has 2 aromatic rings. The van der Waals surface area contributed by atoms with Crippen LogP contribution in [0.15, 0.2) is 35.1 Å². The van der Waals surface area contributed by atoms with Crippen molar-refractivity contribution in [2.45, 2.75) is 52.5 Å². The number of H-pyrrole nitrogens is 1. The first-order chi connectivity index (χ1) is 13.8. The third-order valence-corrected chi connectivity index (χ3v) is 5.58. The number of benzene rings is 1. The van der Waals surface area contributed by atoms with Crippen LogP contribution in [-0.4, -0.2) is 34.8 Å². The zero-order chi connectivity index (χ0) is 21.0. The molecule has 0 spiro atoms. The number of nitrogens with zero attached hydrogens (tertiary/aromatic N) is 1. The molecule has 29 heavy (non-hydrogen) atoms. The summed E-state index contributed by atoms with van der Waals surface area (Å²) in [4.78, 5) is 41.3. The van der Waals surface area contributed by atoms with Gasteiger partial charge in [-0.25, -0.2) is 0 Å². The van der Waals surface area contributed by atoms with Gasteiger partial charge in [-0.15, -0.1) is 0 Å². The first-order valence-electron chi connectivity index (χ1n) is 10.2. The van der Waals surface area contributed by atoms with E-state index in [1.54, 1.807) is 12.1 Å². The Labute approximate surface area is 171 Å². The molecule has 0 saturated carbocycles. The second-order valence-corrected chi connectivity index (χ2v) is 7.95. The van der Waals surface area contributed by atoms with Crippen LogP contribution in [0, 0.1) is 13.8 Å². The fourth-order valence-corrected chi connectivity index (χ4v) is 3.83. The molecule has 0 bridgehead atoms. The summed E-state index contributed by atoms with van der Waals surface area (Å²) in [7, 11) is 0. The lowest BCUT2D eigenvalue weighted by Gasteiger charge is -2.29. The predicted molar refractivity (Wildman–Crippen MR) is 113 cm³/mol. The molecule has 154 valence electrons. The van der Waals surface area contributed by atoms with Crippen molar-refractivity contribution in [3.63, 3.8) is 0 Å². The number of aromatic nitrogens is 1. The Hall–Kier alpha value is -2.89. The van der Waals surface area contributed by atoms with Gasteiger partial charge in [-0.1, -0.05) is 19.1 Å². The van der Waals surface area contributed by atoms with Crippen LogP contribution >= 0.6 is 0 Å². The predicted octanol–water partition coefficient (Wildman–Crippen LogP) is 3.04. The minimum atomic E-state index is -0.213. The third kappa shape index (κ3) is 5.13. The Kier molecular flexibility index (Phi) is 6.52. The van der Waals surface area contributed by atoms with E-state index in [2.05, 4.69) is 17.2 Å². The number of pyridine rings is 1. The summed E-state index contributed by atoms with van der Waals surface area (Å²) in [6.07, 6.45) is 2.71. The van der Waals surface area contributed by atoms with Crippen LogP contribution in [0.4, 0.5) is 0 Å². The van der Waals surface area contributed by atoms with Gasteiger partial charge in [0.1, 0.15) is 0 Å². The van der Waals surface area contributed by atoms with E-state index in [0.717, 1.165) is 36.2 Å². The zero-order valence-electron chi connectivity index (χ0n) is 17.4. The normalized spacial score (nSPS) is 15.3. The lowest BCUT2D eigenvalue weighted by atomic mass is 9.98. The summed E-state index contributed by atoms with van der Waals surface area (Å²) in [5.74, 6) is 0.234. The van der Waals surface area contributed by atoms with Gasteiger partial charge in [0.15, 0.2) is 0 Å². The molecule has 0 aliphatic carbocycles. The molecule has 1 atom stereocenters. The average Bonchev–Trinajstić information content (AvgIpc) is 2.69.